The van der Waals surface area contributed by atoms with Crippen LogP contribution in [-0.4, -0.2) is 21.4 Å². The average Bonchev–Trinajstić information content (AvgIpc) is 2.72. The van der Waals surface area contributed by atoms with Gasteiger partial charge < -0.3 is 15.0 Å². The zero-order valence-electron chi connectivity index (χ0n) is 11.7. The third-order valence-electron chi connectivity index (χ3n) is 2.78. The third-order valence-corrected chi connectivity index (χ3v) is 3.89. The van der Waals surface area contributed by atoms with Gasteiger partial charge in [-0.15, -0.1) is 10.2 Å². The Kier molecular flexibility index (Phi) is 4.49. The predicted octanol–water partition coefficient (Wildman–Crippen LogP) is 2.78. The summed E-state index contributed by atoms with van der Waals surface area (Å²) in [5, 5.41) is 8.73. The van der Waals surface area contributed by atoms with E-state index in [1.54, 1.807) is 6.07 Å². The van der Waals surface area contributed by atoms with Gasteiger partial charge in [-0.3, -0.25) is 0 Å². The summed E-state index contributed by atoms with van der Waals surface area (Å²) in [6.07, 6.45) is 0.814. The van der Waals surface area contributed by atoms with Crippen LogP contribution in [0.4, 0.5) is 10.1 Å². The number of nitrogens with zero attached hydrogens (tertiary/aromatic N) is 3. The topological polar surface area (TPSA) is 66.0 Å². The minimum Gasteiger partial charge on any atom is -0.490 e. The van der Waals surface area contributed by atoms with E-state index in [0.29, 0.717) is 22.3 Å². The van der Waals surface area contributed by atoms with Gasteiger partial charge in [0.1, 0.15) is 5.82 Å². The lowest BCUT2D eigenvalue weighted by molar-refractivity contribution is 0.300. The first-order chi connectivity index (χ1) is 9.52. The minimum atomic E-state index is -0.450. The van der Waals surface area contributed by atoms with Crippen LogP contribution in [0.15, 0.2) is 22.2 Å². The molecule has 0 aliphatic carbocycles. The van der Waals surface area contributed by atoms with Crippen molar-refractivity contribution in [3.63, 3.8) is 0 Å². The van der Waals surface area contributed by atoms with Crippen LogP contribution in [0.3, 0.4) is 0 Å². The highest BCUT2D eigenvalue weighted by Gasteiger charge is 2.13. The number of anilines is 1. The fourth-order valence-corrected chi connectivity index (χ4v) is 2.43. The molecule has 2 N–H and O–H groups in total. The Bertz CT molecular complexity index is 615. The Balaban J connectivity index is 2.29. The molecule has 7 heteroatoms. The highest BCUT2D eigenvalue weighted by atomic mass is 32.2. The maximum absolute atomic E-state index is 13.7. The van der Waals surface area contributed by atoms with E-state index in [1.807, 2.05) is 25.5 Å². The molecule has 0 aliphatic rings. The molecule has 0 saturated heterocycles. The van der Waals surface area contributed by atoms with Crippen molar-refractivity contribution in [3.8, 4) is 5.75 Å². The van der Waals surface area contributed by atoms with Crippen molar-refractivity contribution in [1.82, 2.24) is 14.8 Å². The molecular formula is C13H17FN4OS. The fourth-order valence-electron chi connectivity index (χ4n) is 1.54. The Labute approximate surface area is 121 Å². The number of halogens is 1. The lowest BCUT2D eigenvalue weighted by Crippen LogP contribution is -2.00. The summed E-state index contributed by atoms with van der Waals surface area (Å²) in [5.41, 5.74) is 6.21. The van der Waals surface area contributed by atoms with Crippen LogP contribution in [0.2, 0.25) is 0 Å². The van der Waals surface area contributed by atoms with Crippen molar-refractivity contribution >= 4 is 17.4 Å². The average molecular weight is 296 g/mol. The van der Waals surface area contributed by atoms with E-state index in [9.17, 15) is 4.39 Å². The van der Waals surface area contributed by atoms with Crippen LogP contribution in [-0.2, 0) is 7.05 Å². The van der Waals surface area contributed by atoms with Crippen molar-refractivity contribution in [1.29, 1.82) is 0 Å². The number of aryl methyl sites for hydroxylation is 1. The molecular weight excluding hydrogens is 279 g/mol. The molecule has 108 valence electrons. The standard InChI is InChI=1S/C13H17FN4OS/c1-4-5-19-11-7-12(10(15)6-9(11)14)20-13-17-16-8(2)18(13)3/h6-7H,4-5,15H2,1-3H3. The Morgan fingerprint density at radius 3 is 2.75 bits per heavy atom. The van der Waals surface area contributed by atoms with Crippen molar-refractivity contribution in [2.75, 3.05) is 12.3 Å². The predicted molar refractivity (Wildman–Crippen MR) is 76.5 cm³/mol. The Morgan fingerprint density at radius 2 is 2.15 bits per heavy atom. The molecule has 0 atom stereocenters. The van der Waals surface area contributed by atoms with Crippen LogP contribution in [0.5, 0.6) is 5.75 Å². The molecule has 0 aliphatic heterocycles. The number of aromatic nitrogens is 3. The van der Waals surface area contributed by atoms with Gasteiger partial charge in [-0.05, 0) is 31.2 Å². The Morgan fingerprint density at radius 1 is 1.40 bits per heavy atom. The van der Waals surface area contributed by atoms with Crippen molar-refractivity contribution < 1.29 is 9.13 Å². The Hall–Kier alpha value is -1.76. The number of ether oxygens (including phenoxy) is 1. The van der Waals surface area contributed by atoms with Gasteiger partial charge in [-0.1, -0.05) is 6.92 Å². The molecule has 0 fully saturated rings. The maximum atomic E-state index is 13.7. The SMILES string of the molecule is CCCOc1cc(Sc2nnc(C)n2C)c(N)cc1F. The molecule has 5 nitrogen and oxygen atoms in total. The molecule has 2 aromatic rings. The van der Waals surface area contributed by atoms with Crippen molar-refractivity contribution in [2.45, 2.75) is 30.3 Å². The highest BCUT2D eigenvalue weighted by Crippen LogP contribution is 2.35. The summed E-state index contributed by atoms with van der Waals surface area (Å²) in [5.74, 6) is 0.563. The first kappa shape index (κ1) is 14.6. The van der Waals surface area contributed by atoms with E-state index < -0.39 is 5.82 Å². The van der Waals surface area contributed by atoms with Gasteiger partial charge in [0.15, 0.2) is 16.7 Å². The number of nitrogen functional groups attached to an aromatic ring is 1. The van der Waals surface area contributed by atoms with Gasteiger partial charge >= 0.3 is 0 Å². The molecule has 20 heavy (non-hydrogen) atoms. The van der Waals surface area contributed by atoms with Gasteiger partial charge in [0.25, 0.3) is 0 Å². The van der Waals surface area contributed by atoms with Crippen molar-refractivity contribution in [3.05, 3.63) is 23.8 Å². The maximum Gasteiger partial charge on any atom is 0.195 e. The second kappa shape index (κ2) is 6.13. The second-order valence-electron chi connectivity index (χ2n) is 4.36. The molecule has 0 bridgehead atoms. The normalized spacial score (nSPS) is 10.8. The monoisotopic (exact) mass is 296 g/mol. The summed E-state index contributed by atoms with van der Waals surface area (Å²) in [7, 11) is 1.87. The molecule has 1 aromatic carbocycles. The van der Waals surface area contributed by atoms with Crippen LogP contribution < -0.4 is 10.5 Å². The summed E-state index contributed by atoms with van der Waals surface area (Å²) in [4.78, 5) is 0.702. The zero-order chi connectivity index (χ0) is 14.7. The highest BCUT2D eigenvalue weighted by molar-refractivity contribution is 7.99. The third kappa shape index (κ3) is 3.04. The first-order valence-electron chi connectivity index (χ1n) is 6.28. The molecule has 0 amide bonds. The van der Waals surface area contributed by atoms with Crippen LogP contribution in [0.1, 0.15) is 19.2 Å². The quantitative estimate of drug-likeness (QED) is 0.859. The smallest absolute Gasteiger partial charge is 0.195 e. The van der Waals surface area contributed by atoms with E-state index >= 15 is 0 Å². The largest absolute Gasteiger partial charge is 0.490 e. The number of hydrogen-bond acceptors (Lipinski definition) is 5. The van der Waals surface area contributed by atoms with Crippen LogP contribution in [0.25, 0.3) is 0 Å². The van der Waals surface area contributed by atoms with Crippen LogP contribution >= 0.6 is 11.8 Å². The van der Waals surface area contributed by atoms with E-state index in [4.69, 9.17) is 10.5 Å². The minimum absolute atomic E-state index is 0.211. The lowest BCUT2D eigenvalue weighted by atomic mass is 10.3. The van der Waals surface area contributed by atoms with E-state index in [0.717, 1.165) is 12.2 Å². The summed E-state index contributed by atoms with van der Waals surface area (Å²) < 4.78 is 20.9. The molecule has 2 rings (SSSR count). The summed E-state index contributed by atoms with van der Waals surface area (Å²) in [6.45, 7) is 4.29. The van der Waals surface area contributed by atoms with Gasteiger partial charge in [-0.2, -0.15) is 0 Å². The molecule has 1 heterocycles. The number of hydrogen-bond donors (Lipinski definition) is 1. The van der Waals surface area contributed by atoms with Gasteiger partial charge in [0, 0.05) is 23.7 Å². The fraction of sp³-hybridized carbons (Fsp3) is 0.385. The number of nitrogens with two attached hydrogens (primary N) is 1. The van der Waals surface area contributed by atoms with E-state index in [1.165, 1.54) is 17.8 Å². The van der Waals surface area contributed by atoms with E-state index in [2.05, 4.69) is 10.2 Å². The molecule has 0 saturated carbocycles. The van der Waals surface area contributed by atoms with Gasteiger partial charge in [-0.25, -0.2) is 4.39 Å². The zero-order valence-corrected chi connectivity index (χ0v) is 12.5. The lowest BCUT2D eigenvalue weighted by Gasteiger charge is -2.10. The molecule has 0 radical (unpaired) electrons. The van der Waals surface area contributed by atoms with Gasteiger partial charge in [0.05, 0.1) is 6.61 Å². The first-order valence-corrected chi connectivity index (χ1v) is 7.10. The molecule has 1 aromatic heterocycles. The van der Waals surface area contributed by atoms with E-state index in [-0.39, 0.29) is 5.75 Å². The number of benzene rings is 1. The van der Waals surface area contributed by atoms with Crippen molar-refractivity contribution in [2.24, 2.45) is 7.05 Å². The summed E-state index contributed by atoms with van der Waals surface area (Å²) >= 11 is 1.34. The second-order valence-corrected chi connectivity index (χ2v) is 5.37. The van der Waals surface area contributed by atoms with Crippen LogP contribution in [0, 0.1) is 12.7 Å². The number of rotatable bonds is 5. The molecule has 0 spiro atoms. The van der Waals surface area contributed by atoms with Gasteiger partial charge in [0.2, 0.25) is 0 Å². The summed E-state index contributed by atoms with van der Waals surface area (Å²) in [6, 6.07) is 2.88. The molecule has 0 unspecified atom stereocenters.